The fourth-order valence-electron chi connectivity index (χ4n) is 1.92. The lowest BCUT2D eigenvalue weighted by atomic mass is 9.94. The van der Waals surface area contributed by atoms with Crippen molar-refractivity contribution in [3.8, 4) is 0 Å². The molecule has 0 aliphatic heterocycles. The summed E-state index contributed by atoms with van der Waals surface area (Å²) in [6, 6.07) is 2.10. The number of hydrogen-bond donors (Lipinski definition) is 2. The molecule has 3 heteroatoms. The van der Waals surface area contributed by atoms with E-state index in [1.54, 1.807) is 0 Å². The van der Waals surface area contributed by atoms with E-state index in [0.29, 0.717) is 12.5 Å². The number of hydrogen-bond acceptors (Lipinski definition) is 3. The molecular weight excluding hydrogens is 222 g/mol. The number of anilines is 2. The molecule has 0 aromatic carbocycles. The highest BCUT2D eigenvalue weighted by molar-refractivity contribution is 5.76. The van der Waals surface area contributed by atoms with E-state index in [1.165, 1.54) is 5.56 Å². The minimum Gasteiger partial charge on any atom is -0.373 e. The van der Waals surface area contributed by atoms with Gasteiger partial charge in [-0.05, 0) is 30.0 Å². The van der Waals surface area contributed by atoms with Gasteiger partial charge in [-0.1, -0.05) is 26.5 Å². The van der Waals surface area contributed by atoms with Crippen molar-refractivity contribution >= 4 is 17.2 Å². The van der Waals surface area contributed by atoms with Crippen molar-refractivity contribution in [1.29, 1.82) is 0 Å². The number of rotatable bonds is 6. The standard InChI is InChI=1S/C15H23N3/c1-7-8-17-13-9-12(10(2)3)14(11(4)5)15(16-6)18-13/h7,9-10H,1,4,8H2,2-3,5-6H3,(H2,16,17,18). The molecule has 0 bridgehead atoms. The molecule has 0 saturated heterocycles. The van der Waals surface area contributed by atoms with E-state index in [4.69, 9.17) is 0 Å². The largest absolute Gasteiger partial charge is 0.373 e. The maximum Gasteiger partial charge on any atom is 0.135 e. The van der Waals surface area contributed by atoms with E-state index in [2.05, 4.69) is 48.7 Å². The zero-order valence-electron chi connectivity index (χ0n) is 11.8. The molecule has 1 aromatic heterocycles. The summed E-state index contributed by atoms with van der Waals surface area (Å²) in [4.78, 5) is 4.56. The van der Waals surface area contributed by atoms with E-state index in [9.17, 15) is 0 Å². The number of aromatic nitrogens is 1. The Morgan fingerprint density at radius 2 is 2.17 bits per heavy atom. The van der Waals surface area contributed by atoms with Gasteiger partial charge in [-0.3, -0.25) is 0 Å². The van der Waals surface area contributed by atoms with Gasteiger partial charge in [0.05, 0.1) is 0 Å². The Labute approximate surface area is 110 Å². The Balaban J connectivity index is 3.33. The van der Waals surface area contributed by atoms with Gasteiger partial charge in [0.25, 0.3) is 0 Å². The van der Waals surface area contributed by atoms with Crippen LogP contribution in [0.2, 0.25) is 0 Å². The SMILES string of the molecule is C=CCNc1cc(C(C)C)c(C(=C)C)c(NC)n1. The zero-order chi connectivity index (χ0) is 13.7. The van der Waals surface area contributed by atoms with Crippen molar-refractivity contribution in [3.63, 3.8) is 0 Å². The van der Waals surface area contributed by atoms with Gasteiger partial charge >= 0.3 is 0 Å². The van der Waals surface area contributed by atoms with Gasteiger partial charge in [-0.2, -0.15) is 0 Å². The van der Waals surface area contributed by atoms with Gasteiger partial charge in [-0.25, -0.2) is 4.98 Å². The molecule has 98 valence electrons. The van der Waals surface area contributed by atoms with Crippen LogP contribution in [0.3, 0.4) is 0 Å². The van der Waals surface area contributed by atoms with Crippen LogP contribution in [-0.2, 0) is 0 Å². The second-order valence-electron chi connectivity index (χ2n) is 4.67. The normalized spacial score (nSPS) is 10.3. The summed E-state index contributed by atoms with van der Waals surface area (Å²) in [5.74, 6) is 2.17. The van der Waals surface area contributed by atoms with Gasteiger partial charge in [0, 0.05) is 19.2 Å². The highest BCUT2D eigenvalue weighted by atomic mass is 15.0. The van der Waals surface area contributed by atoms with Crippen molar-refractivity contribution in [2.45, 2.75) is 26.7 Å². The van der Waals surface area contributed by atoms with Crippen molar-refractivity contribution in [2.75, 3.05) is 24.2 Å². The average molecular weight is 245 g/mol. The third-order valence-electron chi connectivity index (χ3n) is 2.76. The van der Waals surface area contributed by atoms with Crippen LogP contribution >= 0.6 is 0 Å². The Morgan fingerprint density at radius 1 is 1.50 bits per heavy atom. The molecule has 18 heavy (non-hydrogen) atoms. The topological polar surface area (TPSA) is 37.0 Å². The Kier molecular flexibility index (Phi) is 4.95. The van der Waals surface area contributed by atoms with E-state index in [0.717, 1.165) is 22.8 Å². The summed E-state index contributed by atoms with van der Waals surface area (Å²) >= 11 is 0. The molecule has 3 nitrogen and oxygen atoms in total. The molecule has 1 heterocycles. The first-order chi connectivity index (χ1) is 8.51. The molecule has 0 aliphatic rings. The van der Waals surface area contributed by atoms with Crippen molar-refractivity contribution in [1.82, 2.24) is 4.98 Å². The summed E-state index contributed by atoms with van der Waals surface area (Å²) in [6.45, 7) is 14.8. The highest BCUT2D eigenvalue weighted by Crippen LogP contribution is 2.32. The fourth-order valence-corrected chi connectivity index (χ4v) is 1.92. The summed E-state index contributed by atoms with van der Waals surface area (Å²) < 4.78 is 0. The van der Waals surface area contributed by atoms with Crippen molar-refractivity contribution in [3.05, 3.63) is 36.4 Å². The van der Waals surface area contributed by atoms with Crippen LogP contribution in [0.25, 0.3) is 5.57 Å². The Bertz CT molecular complexity index is 447. The third-order valence-corrected chi connectivity index (χ3v) is 2.76. The number of pyridine rings is 1. The predicted molar refractivity (Wildman–Crippen MR) is 81.3 cm³/mol. The Morgan fingerprint density at radius 3 is 2.61 bits per heavy atom. The molecule has 0 radical (unpaired) electrons. The maximum atomic E-state index is 4.56. The zero-order valence-corrected chi connectivity index (χ0v) is 11.8. The second kappa shape index (κ2) is 6.24. The molecular formula is C15H23N3. The van der Waals surface area contributed by atoms with Gasteiger partial charge in [-0.15, -0.1) is 6.58 Å². The molecule has 0 amide bonds. The molecule has 1 rings (SSSR count). The third kappa shape index (κ3) is 3.13. The summed E-state index contributed by atoms with van der Waals surface area (Å²) in [6.07, 6.45) is 1.82. The predicted octanol–water partition coefficient (Wildman–Crippen LogP) is 3.88. The summed E-state index contributed by atoms with van der Waals surface area (Å²) in [7, 11) is 1.89. The summed E-state index contributed by atoms with van der Waals surface area (Å²) in [5, 5.41) is 6.38. The lowest BCUT2D eigenvalue weighted by Crippen LogP contribution is -2.08. The monoisotopic (exact) mass is 245 g/mol. The van der Waals surface area contributed by atoms with Gasteiger partial charge in [0.2, 0.25) is 0 Å². The van der Waals surface area contributed by atoms with Crippen LogP contribution in [0, 0.1) is 0 Å². The molecule has 0 aliphatic carbocycles. The average Bonchev–Trinajstić information content (AvgIpc) is 2.34. The van der Waals surface area contributed by atoms with Crippen LogP contribution < -0.4 is 10.6 Å². The molecule has 0 atom stereocenters. The lowest BCUT2D eigenvalue weighted by Gasteiger charge is -2.18. The van der Waals surface area contributed by atoms with E-state index < -0.39 is 0 Å². The number of nitrogens with one attached hydrogen (secondary N) is 2. The first-order valence-electron chi connectivity index (χ1n) is 6.24. The van der Waals surface area contributed by atoms with Crippen LogP contribution in [-0.4, -0.2) is 18.6 Å². The smallest absolute Gasteiger partial charge is 0.135 e. The number of nitrogens with zero attached hydrogens (tertiary/aromatic N) is 1. The van der Waals surface area contributed by atoms with Crippen molar-refractivity contribution < 1.29 is 0 Å². The quantitative estimate of drug-likeness (QED) is 0.747. The van der Waals surface area contributed by atoms with E-state index in [-0.39, 0.29) is 0 Å². The number of allylic oxidation sites excluding steroid dienone is 1. The van der Waals surface area contributed by atoms with Crippen LogP contribution in [0.5, 0.6) is 0 Å². The van der Waals surface area contributed by atoms with Crippen molar-refractivity contribution in [2.24, 2.45) is 0 Å². The van der Waals surface area contributed by atoms with Gasteiger partial charge in [0.1, 0.15) is 11.6 Å². The van der Waals surface area contributed by atoms with Crippen LogP contribution in [0.15, 0.2) is 25.3 Å². The maximum absolute atomic E-state index is 4.56. The second-order valence-corrected chi connectivity index (χ2v) is 4.67. The van der Waals surface area contributed by atoms with Crippen LogP contribution in [0.4, 0.5) is 11.6 Å². The first kappa shape index (κ1) is 14.3. The van der Waals surface area contributed by atoms with Crippen LogP contribution in [0.1, 0.15) is 37.8 Å². The molecule has 2 N–H and O–H groups in total. The first-order valence-corrected chi connectivity index (χ1v) is 6.24. The summed E-state index contributed by atoms with van der Waals surface area (Å²) in [5.41, 5.74) is 3.41. The molecule has 0 fully saturated rings. The van der Waals surface area contributed by atoms with E-state index in [1.807, 2.05) is 20.0 Å². The molecule has 0 unspecified atom stereocenters. The van der Waals surface area contributed by atoms with Gasteiger partial charge in [0.15, 0.2) is 0 Å². The minimum absolute atomic E-state index is 0.427. The molecule has 0 saturated carbocycles. The van der Waals surface area contributed by atoms with E-state index >= 15 is 0 Å². The highest BCUT2D eigenvalue weighted by Gasteiger charge is 2.14. The fraction of sp³-hybridized carbons (Fsp3) is 0.400. The Hall–Kier alpha value is -1.77. The molecule has 0 spiro atoms. The molecule has 1 aromatic rings. The van der Waals surface area contributed by atoms with Gasteiger partial charge < -0.3 is 10.6 Å². The lowest BCUT2D eigenvalue weighted by molar-refractivity contribution is 0.859. The minimum atomic E-state index is 0.427.